The minimum absolute atomic E-state index is 0.241. The molecule has 1 amide bonds. The summed E-state index contributed by atoms with van der Waals surface area (Å²) in [5.41, 5.74) is 1.77. The lowest BCUT2D eigenvalue weighted by Gasteiger charge is -2.07. The molecule has 0 unspecified atom stereocenters. The fraction of sp³-hybridized carbons (Fsp3) is 0.100. The zero-order valence-corrected chi connectivity index (χ0v) is 17.4. The Hall–Kier alpha value is -2.78. The molecule has 3 aromatic rings. The summed E-state index contributed by atoms with van der Waals surface area (Å²) in [6.45, 7) is -0.286. The summed E-state index contributed by atoms with van der Waals surface area (Å²) in [5, 5.41) is 4.26. The van der Waals surface area contributed by atoms with Crippen LogP contribution >= 0.6 is 27.5 Å². The fourth-order valence-corrected chi connectivity index (χ4v) is 3.16. The lowest BCUT2D eigenvalue weighted by Crippen LogP contribution is -2.24. The summed E-state index contributed by atoms with van der Waals surface area (Å²) in [5.74, 6) is 0.418. The number of hydrogen-bond acceptors (Lipinski definition) is 4. The quantitative estimate of drug-likeness (QED) is 0.337. The molecule has 3 rings (SSSR count). The molecule has 0 aliphatic carbocycles. The Morgan fingerprint density at radius 2 is 2.00 bits per heavy atom. The van der Waals surface area contributed by atoms with E-state index in [1.807, 2.05) is 0 Å². The summed E-state index contributed by atoms with van der Waals surface area (Å²) in [6.07, 6.45) is -3.21. The number of ether oxygens (including phenoxy) is 1. The van der Waals surface area contributed by atoms with Crippen molar-refractivity contribution in [1.82, 2.24) is 5.43 Å². The number of benzene rings is 2. The number of alkyl halides is 3. The van der Waals surface area contributed by atoms with Crippen molar-refractivity contribution in [3.8, 4) is 17.1 Å². The molecule has 0 bridgehead atoms. The molecule has 156 valence electrons. The van der Waals surface area contributed by atoms with Gasteiger partial charge in [0.1, 0.15) is 17.3 Å². The van der Waals surface area contributed by atoms with Gasteiger partial charge in [-0.25, -0.2) is 5.43 Å². The van der Waals surface area contributed by atoms with E-state index in [1.54, 1.807) is 18.2 Å². The van der Waals surface area contributed by atoms with E-state index < -0.39 is 17.6 Å². The fourth-order valence-electron chi connectivity index (χ4n) is 2.36. The first-order valence-corrected chi connectivity index (χ1v) is 9.57. The molecule has 0 saturated heterocycles. The van der Waals surface area contributed by atoms with Crippen LogP contribution in [0.1, 0.15) is 11.3 Å². The van der Waals surface area contributed by atoms with Crippen LogP contribution in [0.5, 0.6) is 5.75 Å². The SMILES string of the molecule is O=C(COc1ccc(Cl)cc1Br)NN=Cc1ccc(-c2cccc(C(F)(F)F)c2)o1. The first-order chi connectivity index (χ1) is 14.2. The standard InChI is InChI=1S/C20H13BrClF3N2O3/c21-16-9-14(22)4-6-18(16)29-11-19(28)27-26-10-15-5-7-17(30-15)12-2-1-3-13(8-12)20(23,24)25/h1-10H,11H2,(H,27,28). The third kappa shape index (κ3) is 5.87. The van der Waals surface area contributed by atoms with Crippen LogP contribution in [0, 0.1) is 0 Å². The van der Waals surface area contributed by atoms with Crippen molar-refractivity contribution in [3.63, 3.8) is 0 Å². The van der Waals surface area contributed by atoms with Crippen molar-refractivity contribution >= 4 is 39.7 Å². The van der Waals surface area contributed by atoms with Crippen molar-refractivity contribution in [2.45, 2.75) is 6.18 Å². The largest absolute Gasteiger partial charge is 0.483 e. The number of halogens is 5. The summed E-state index contributed by atoms with van der Waals surface area (Å²) < 4.78 is 49.9. The number of nitrogens with one attached hydrogen (secondary N) is 1. The van der Waals surface area contributed by atoms with E-state index in [2.05, 4.69) is 26.5 Å². The van der Waals surface area contributed by atoms with Crippen molar-refractivity contribution in [1.29, 1.82) is 0 Å². The van der Waals surface area contributed by atoms with Crippen molar-refractivity contribution in [2.75, 3.05) is 6.61 Å². The Bertz CT molecular complexity index is 1080. The topological polar surface area (TPSA) is 63.8 Å². The van der Waals surface area contributed by atoms with Crippen LogP contribution in [0.4, 0.5) is 13.2 Å². The Kier molecular flexibility index (Phi) is 6.84. The molecule has 0 atom stereocenters. The number of amides is 1. The van der Waals surface area contributed by atoms with Crippen LogP contribution in [0.3, 0.4) is 0 Å². The van der Waals surface area contributed by atoms with Gasteiger partial charge in [-0.3, -0.25) is 4.79 Å². The Morgan fingerprint density at radius 1 is 1.20 bits per heavy atom. The Labute approximate surface area is 182 Å². The second kappa shape index (κ2) is 9.36. The number of hydrazone groups is 1. The van der Waals surface area contributed by atoms with Crippen LogP contribution in [0.2, 0.25) is 5.02 Å². The molecule has 0 aliphatic rings. The number of carbonyl (C=O) groups is 1. The molecule has 1 N–H and O–H groups in total. The predicted molar refractivity (Wildman–Crippen MR) is 110 cm³/mol. The highest BCUT2D eigenvalue weighted by Crippen LogP contribution is 2.32. The van der Waals surface area contributed by atoms with E-state index in [1.165, 1.54) is 30.5 Å². The van der Waals surface area contributed by atoms with E-state index in [0.717, 1.165) is 12.1 Å². The van der Waals surface area contributed by atoms with Crippen LogP contribution in [-0.4, -0.2) is 18.7 Å². The molecule has 1 heterocycles. The Morgan fingerprint density at radius 3 is 2.73 bits per heavy atom. The third-order valence-electron chi connectivity index (χ3n) is 3.73. The van der Waals surface area contributed by atoms with E-state index in [-0.39, 0.29) is 23.7 Å². The van der Waals surface area contributed by atoms with Gasteiger partial charge in [-0.1, -0.05) is 23.7 Å². The number of carbonyl (C=O) groups excluding carboxylic acids is 1. The highest BCUT2D eigenvalue weighted by molar-refractivity contribution is 9.10. The van der Waals surface area contributed by atoms with Gasteiger partial charge in [0, 0.05) is 10.6 Å². The number of hydrogen-bond donors (Lipinski definition) is 1. The average Bonchev–Trinajstić information content (AvgIpc) is 3.16. The van der Waals surface area contributed by atoms with E-state index in [0.29, 0.717) is 15.2 Å². The van der Waals surface area contributed by atoms with Crippen LogP contribution in [0.15, 0.2) is 68.6 Å². The lowest BCUT2D eigenvalue weighted by atomic mass is 10.1. The molecule has 0 spiro atoms. The van der Waals surface area contributed by atoms with E-state index in [9.17, 15) is 18.0 Å². The zero-order valence-electron chi connectivity index (χ0n) is 15.0. The maximum Gasteiger partial charge on any atom is 0.416 e. The summed E-state index contributed by atoms with van der Waals surface area (Å²) in [4.78, 5) is 11.8. The molecule has 2 aromatic carbocycles. The molecule has 0 radical (unpaired) electrons. The maximum absolute atomic E-state index is 12.8. The highest BCUT2D eigenvalue weighted by atomic mass is 79.9. The second-order valence-electron chi connectivity index (χ2n) is 5.94. The maximum atomic E-state index is 12.8. The van der Waals surface area contributed by atoms with Crippen LogP contribution < -0.4 is 10.2 Å². The molecule has 0 aliphatic heterocycles. The third-order valence-corrected chi connectivity index (χ3v) is 4.59. The number of furan rings is 1. The zero-order chi connectivity index (χ0) is 21.7. The van der Waals surface area contributed by atoms with Gasteiger partial charge in [0.15, 0.2) is 6.61 Å². The van der Waals surface area contributed by atoms with Gasteiger partial charge in [-0.2, -0.15) is 18.3 Å². The number of rotatable bonds is 6. The van der Waals surface area contributed by atoms with Crippen LogP contribution in [0.25, 0.3) is 11.3 Å². The first kappa shape index (κ1) is 21.9. The minimum Gasteiger partial charge on any atom is -0.483 e. The van der Waals surface area contributed by atoms with Gasteiger partial charge in [0.25, 0.3) is 5.91 Å². The summed E-state index contributed by atoms with van der Waals surface area (Å²) >= 11 is 9.10. The van der Waals surface area contributed by atoms with Gasteiger partial charge in [-0.05, 0) is 58.4 Å². The first-order valence-electron chi connectivity index (χ1n) is 8.39. The van der Waals surface area contributed by atoms with Crippen molar-refractivity contribution in [2.24, 2.45) is 5.10 Å². The highest BCUT2D eigenvalue weighted by Gasteiger charge is 2.30. The van der Waals surface area contributed by atoms with Gasteiger partial charge in [-0.15, -0.1) is 0 Å². The molecule has 0 saturated carbocycles. The number of nitrogens with zero attached hydrogens (tertiary/aromatic N) is 1. The lowest BCUT2D eigenvalue weighted by molar-refractivity contribution is -0.137. The summed E-state index contributed by atoms with van der Waals surface area (Å²) in [7, 11) is 0. The van der Waals surface area contributed by atoms with E-state index >= 15 is 0 Å². The minimum atomic E-state index is -4.44. The molecular weight excluding hydrogens is 489 g/mol. The molecule has 0 fully saturated rings. The molecule has 30 heavy (non-hydrogen) atoms. The van der Waals surface area contributed by atoms with Crippen molar-refractivity contribution in [3.05, 3.63) is 75.4 Å². The predicted octanol–water partition coefficient (Wildman–Crippen LogP) is 5.91. The average molecular weight is 502 g/mol. The summed E-state index contributed by atoms with van der Waals surface area (Å²) in [6, 6.07) is 12.7. The molecule has 1 aromatic heterocycles. The Balaban J connectivity index is 1.56. The van der Waals surface area contributed by atoms with Crippen LogP contribution in [-0.2, 0) is 11.0 Å². The van der Waals surface area contributed by atoms with Gasteiger partial charge < -0.3 is 9.15 Å². The monoisotopic (exact) mass is 500 g/mol. The smallest absolute Gasteiger partial charge is 0.416 e. The van der Waals surface area contributed by atoms with Gasteiger partial charge in [0.05, 0.1) is 16.3 Å². The van der Waals surface area contributed by atoms with E-state index in [4.69, 9.17) is 20.8 Å². The van der Waals surface area contributed by atoms with Gasteiger partial charge in [0.2, 0.25) is 0 Å². The molecular formula is C20H13BrClF3N2O3. The second-order valence-corrected chi connectivity index (χ2v) is 7.23. The van der Waals surface area contributed by atoms with Gasteiger partial charge >= 0.3 is 6.18 Å². The van der Waals surface area contributed by atoms with Crippen molar-refractivity contribution < 1.29 is 27.1 Å². The molecule has 5 nitrogen and oxygen atoms in total. The normalized spacial score (nSPS) is 11.6. The molecule has 10 heteroatoms.